The molecule has 0 saturated carbocycles. The molecule has 4 rings (SSSR count). The van der Waals surface area contributed by atoms with Crippen molar-refractivity contribution in [2.75, 3.05) is 33.4 Å². The predicted molar refractivity (Wildman–Crippen MR) is 98.1 cm³/mol. The van der Waals surface area contributed by atoms with Crippen molar-refractivity contribution in [3.8, 4) is 11.5 Å². The van der Waals surface area contributed by atoms with Crippen LogP contribution in [-0.4, -0.2) is 49.3 Å². The Hall–Kier alpha value is -2.24. The van der Waals surface area contributed by atoms with Gasteiger partial charge in [0, 0.05) is 24.0 Å². The summed E-state index contributed by atoms with van der Waals surface area (Å²) in [4.78, 5) is 14.9. The maximum atomic E-state index is 13.2. The highest BCUT2D eigenvalue weighted by molar-refractivity contribution is 6.31. The number of hydrogen-bond donors (Lipinski definition) is 1. The molecular weight excluding hydrogens is 354 g/mol. The Morgan fingerprint density at radius 1 is 1.38 bits per heavy atom. The Labute approximate surface area is 157 Å². The lowest BCUT2D eigenvalue weighted by molar-refractivity contribution is 0.0440. The minimum absolute atomic E-state index is 0.0339. The fraction of sp³-hybridized carbons (Fsp3) is 0.350. The lowest BCUT2D eigenvalue weighted by Gasteiger charge is -2.37. The molecule has 26 heavy (non-hydrogen) atoms. The maximum Gasteiger partial charge on any atom is 0.257 e. The van der Waals surface area contributed by atoms with Crippen LogP contribution in [0.15, 0.2) is 42.5 Å². The number of likely N-dealkylation sites (tertiary alicyclic amines) is 1. The minimum Gasteiger partial charge on any atom is -0.496 e. The van der Waals surface area contributed by atoms with E-state index < -0.39 is 5.41 Å². The van der Waals surface area contributed by atoms with Crippen molar-refractivity contribution in [1.82, 2.24) is 4.90 Å². The molecule has 136 valence electrons. The van der Waals surface area contributed by atoms with Gasteiger partial charge in [-0.1, -0.05) is 29.8 Å². The van der Waals surface area contributed by atoms with E-state index in [-0.39, 0.29) is 18.4 Å². The number of carbonyl (C=O) groups excluding carboxylic acids is 1. The van der Waals surface area contributed by atoms with Gasteiger partial charge in [-0.15, -0.1) is 0 Å². The molecule has 2 heterocycles. The first-order chi connectivity index (χ1) is 12.6. The topological polar surface area (TPSA) is 59.0 Å². The molecule has 0 bridgehead atoms. The predicted octanol–water partition coefficient (Wildman–Crippen LogP) is 2.96. The van der Waals surface area contributed by atoms with E-state index in [9.17, 15) is 9.90 Å². The second kappa shape index (κ2) is 6.49. The minimum atomic E-state index is -0.490. The van der Waals surface area contributed by atoms with E-state index in [1.807, 2.05) is 24.3 Å². The van der Waals surface area contributed by atoms with Crippen molar-refractivity contribution < 1.29 is 19.4 Å². The zero-order valence-corrected chi connectivity index (χ0v) is 15.2. The Morgan fingerprint density at radius 3 is 2.96 bits per heavy atom. The molecule has 5 nitrogen and oxygen atoms in total. The number of ether oxygens (including phenoxy) is 2. The van der Waals surface area contributed by atoms with Crippen LogP contribution in [0.3, 0.4) is 0 Å². The number of aliphatic hydroxyl groups is 1. The molecule has 2 atom stereocenters. The average molecular weight is 374 g/mol. The number of methoxy groups -OCH3 is 1. The molecule has 0 aromatic heterocycles. The molecule has 1 saturated heterocycles. The lowest BCUT2D eigenvalue weighted by atomic mass is 9.74. The number of halogens is 1. The highest BCUT2D eigenvalue weighted by Gasteiger charge is 2.52. The second-order valence-electron chi connectivity index (χ2n) is 6.93. The third kappa shape index (κ3) is 2.63. The number of benzene rings is 2. The number of carbonyl (C=O) groups is 1. The summed E-state index contributed by atoms with van der Waals surface area (Å²) in [6, 6.07) is 12.8. The smallest absolute Gasteiger partial charge is 0.257 e. The van der Waals surface area contributed by atoms with Crippen LogP contribution in [0.5, 0.6) is 11.5 Å². The van der Waals surface area contributed by atoms with Crippen LogP contribution in [0, 0.1) is 5.41 Å². The first kappa shape index (κ1) is 17.2. The van der Waals surface area contributed by atoms with Crippen molar-refractivity contribution in [2.45, 2.75) is 5.92 Å². The molecule has 2 aliphatic heterocycles. The summed E-state index contributed by atoms with van der Waals surface area (Å²) in [5.41, 5.74) is 0.984. The Kier molecular flexibility index (Phi) is 4.29. The van der Waals surface area contributed by atoms with Crippen molar-refractivity contribution in [3.63, 3.8) is 0 Å². The fourth-order valence-electron chi connectivity index (χ4n) is 4.04. The molecule has 2 aromatic carbocycles. The number of amides is 1. The van der Waals surface area contributed by atoms with Crippen molar-refractivity contribution in [3.05, 3.63) is 58.6 Å². The summed E-state index contributed by atoms with van der Waals surface area (Å²) in [5.74, 6) is 1.20. The number of nitrogens with zero attached hydrogens (tertiary/aromatic N) is 1. The zero-order valence-electron chi connectivity index (χ0n) is 14.4. The van der Waals surface area contributed by atoms with E-state index in [4.69, 9.17) is 21.1 Å². The summed E-state index contributed by atoms with van der Waals surface area (Å²) in [7, 11) is 1.53. The molecule has 0 spiro atoms. The standard InChI is InChI=1S/C20H20ClNO4/c1-25-17-7-6-13(21)8-15(17)19(24)22-9-16-14-4-2-3-5-18(14)26-12-20(16,10-22)11-23/h2-8,16,23H,9-12H2,1H3/t16-,20-/m1/s1. The molecule has 6 heteroatoms. The van der Waals surface area contributed by atoms with Crippen LogP contribution in [-0.2, 0) is 0 Å². The summed E-state index contributed by atoms with van der Waals surface area (Å²) >= 11 is 6.08. The van der Waals surface area contributed by atoms with Crippen LogP contribution in [0.4, 0.5) is 0 Å². The second-order valence-corrected chi connectivity index (χ2v) is 7.37. The third-order valence-corrected chi connectivity index (χ3v) is 5.69. The maximum absolute atomic E-state index is 13.2. The van der Waals surface area contributed by atoms with Crippen molar-refractivity contribution >= 4 is 17.5 Å². The largest absolute Gasteiger partial charge is 0.496 e. The number of para-hydroxylation sites is 1. The molecule has 0 radical (unpaired) electrons. The van der Waals surface area contributed by atoms with E-state index in [0.29, 0.717) is 36.0 Å². The number of rotatable bonds is 3. The van der Waals surface area contributed by atoms with Gasteiger partial charge in [0.25, 0.3) is 5.91 Å². The lowest BCUT2D eigenvalue weighted by Crippen LogP contribution is -2.42. The van der Waals surface area contributed by atoms with Gasteiger partial charge in [-0.2, -0.15) is 0 Å². The molecule has 2 aliphatic rings. The molecule has 0 unspecified atom stereocenters. The van der Waals surface area contributed by atoms with Gasteiger partial charge in [0.1, 0.15) is 11.5 Å². The summed E-state index contributed by atoms with van der Waals surface area (Å²) in [5, 5.41) is 10.6. The van der Waals surface area contributed by atoms with Crippen molar-refractivity contribution in [2.24, 2.45) is 5.41 Å². The third-order valence-electron chi connectivity index (χ3n) is 5.45. The Balaban J connectivity index is 1.69. The highest BCUT2D eigenvalue weighted by Crippen LogP contribution is 2.49. The summed E-state index contributed by atoms with van der Waals surface area (Å²) in [6.07, 6.45) is 0. The van der Waals surface area contributed by atoms with Gasteiger partial charge < -0.3 is 19.5 Å². The molecule has 1 N–H and O–H groups in total. The summed E-state index contributed by atoms with van der Waals surface area (Å²) in [6.45, 7) is 1.30. The van der Waals surface area contributed by atoms with E-state index in [0.717, 1.165) is 11.3 Å². The molecule has 1 fully saturated rings. The van der Waals surface area contributed by atoms with E-state index in [2.05, 4.69) is 0 Å². The quantitative estimate of drug-likeness (QED) is 0.898. The van der Waals surface area contributed by atoms with Crippen LogP contribution in [0.2, 0.25) is 5.02 Å². The molecule has 0 aliphatic carbocycles. The van der Waals surface area contributed by atoms with Gasteiger partial charge >= 0.3 is 0 Å². The average Bonchev–Trinajstić information content (AvgIpc) is 3.08. The normalized spacial score (nSPS) is 23.8. The van der Waals surface area contributed by atoms with Crippen LogP contribution in [0.25, 0.3) is 0 Å². The first-order valence-electron chi connectivity index (χ1n) is 8.53. The number of aliphatic hydroxyl groups excluding tert-OH is 1. The molecular formula is C20H20ClNO4. The van der Waals surface area contributed by atoms with Crippen LogP contribution >= 0.6 is 11.6 Å². The van der Waals surface area contributed by atoms with Gasteiger partial charge in [-0.25, -0.2) is 0 Å². The summed E-state index contributed by atoms with van der Waals surface area (Å²) < 4.78 is 11.2. The molecule has 1 amide bonds. The first-order valence-corrected chi connectivity index (χ1v) is 8.91. The molecule has 2 aromatic rings. The van der Waals surface area contributed by atoms with Gasteiger partial charge in [-0.05, 0) is 29.8 Å². The van der Waals surface area contributed by atoms with E-state index in [1.54, 1.807) is 23.1 Å². The van der Waals surface area contributed by atoms with E-state index >= 15 is 0 Å². The Morgan fingerprint density at radius 2 is 2.19 bits per heavy atom. The number of fused-ring (bicyclic) bond motifs is 3. The zero-order chi connectivity index (χ0) is 18.3. The van der Waals surface area contributed by atoms with Gasteiger partial charge in [0.2, 0.25) is 0 Å². The van der Waals surface area contributed by atoms with Gasteiger partial charge in [-0.3, -0.25) is 4.79 Å². The van der Waals surface area contributed by atoms with Crippen molar-refractivity contribution in [1.29, 1.82) is 0 Å². The van der Waals surface area contributed by atoms with Crippen LogP contribution < -0.4 is 9.47 Å². The monoisotopic (exact) mass is 373 g/mol. The SMILES string of the molecule is COc1ccc(Cl)cc1C(=O)N1C[C@@H]2c3ccccc3OC[C@]2(CO)C1. The highest BCUT2D eigenvalue weighted by atomic mass is 35.5. The van der Waals surface area contributed by atoms with Gasteiger partial charge in [0.15, 0.2) is 0 Å². The Bertz CT molecular complexity index is 855. The van der Waals surface area contributed by atoms with Gasteiger partial charge in [0.05, 0.1) is 31.3 Å². The number of hydrogen-bond acceptors (Lipinski definition) is 4. The fourth-order valence-corrected chi connectivity index (χ4v) is 4.22. The van der Waals surface area contributed by atoms with E-state index in [1.165, 1.54) is 7.11 Å². The van der Waals surface area contributed by atoms with Crippen LogP contribution in [0.1, 0.15) is 21.8 Å².